The van der Waals surface area contributed by atoms with Gasteiger partial charge in [-0.2, -0.15) is 0 Å². The number of hydrogen-bond donors (Lipinski definition) is 3. The zero-order valence-electron chi connectivity index (χ0n) is 23.4. The lowest BCUT2D eigenvalue weighted by molar-refractivity contribution is -0.114. The molecule has 6 atom stereocenters. The Morgan fingerprint density at radius 3 is 2.71 bits per heavy atom. The van der Waals surface area contributed by atoms with Crippen LogP contribution in [0.15, 0.2) is 59.9 Å². The third kappa shape index (κ3) is 5.10. The van der Waals surface area contributed by atoms with Crippen LogP contribution in [0.25, 0.3) is 11.3 Å². The van der Waals surface area contributed by atoms with E-state index in [0.717, 1.165) is 43.4 Å². The smallest absolute Gasteiger partial charge is 0.240 e. The maximum Gasteiger partial charge on any atom is 0.240 e. The Labute approximate surface area is 240 Å². The summed E-state index contributed by atoms with van der Waals surface area (Å²) in [5.41, 5.74) is 2.46. The van der Waals surface area contributed by atoms with Gasteiger partial charge in [-0.05, 0) is 92.5 Å². The number of anilines is 1. The molecule has 2 saturated carbocycles. The van der Waals surface area contributed by atoms with E-state index in [1.54, 1.807) is 30.7 Å². The number of aromatic nitrogens is 2. The van der Waals surface area contributed by atoms with E-state index in [0.29, 0.717) is 30.0 Å². The van der Waals surface area contributed by atoms with Crippen molar-refractivity contribution in [2.75, 3.05) is 5.32 Å². The van der Waals surface area contributed by atoms with E-state index in [-0.39, 0.29) is 40.0 Å². The number of carbonyl (C=O) groups excluding carboxylic acids is 1. The Balaban J connectivity index is 1.20. The Morgan fingerprint density at radius 2 is 1.98 bits per heavy atom. The van der Waals surface area contributed by atoms with Crippen molar-refractivity contribution in [3.63, 3.8) is 0 Å². The number of sulfonamides is 1. The summed E-state index contributed by atoms with van der Waals surface area (Å²) in [6, 6.07) is 10.7. The number of nitrogens with one attached hydrogen (secondary N) is 2. The minimum Gasteiger partial charge on any atom is -0.392 e. The molecule has 10 heteroatoms. The second-order valence-corrected chi connectivity index (χ2v) is 13.9. The number of halogens is 1. The number of benzene rings is 2. The zero-order chi connectivity index (χ0) is 28.9. The predicted molar refractivity (Wildman–Crippen MR) is 154 cm³/mol. The molecule has 8 nitrogen and oxygen atoms in total. The molecule has 2 aromatic carbocycles. The maximum atomic E-state index is 15.1. The molecule has 2 heterocycles. The lowest BCUT2D eigenvalue weighted by atomic mass is 9.56. The van der Waals surface area contributed by atoms with E-state index in [1.807, 2.05) is 10.6 Å². The van der Waals surface area contributed by atoms with E-state index < -0.39 is 16.1 Å². The van der Waals surface area contributed by atoms with Crippen molar-refractivity contribution in [3.05, 3.63) is 66.4 Å². The van der Waals surface area contributed by atoms with Crippen molar-refractivity contribution in [1.29, 1.82) is 0 Å². The molecule has 3 aliphatic rings. The van der Waals surface area contributed by atoms with Crippen molar-refractivity contribution < 1.29 is 22.7 Å². The van der Waals surface area contributed by atoms with Crippen molar-refractivity contribution in [3.8, 4) is 11.3 Å². The first-order valence-electron chi connectivity index (χ1n) is 14.5. The van der Waals surface area contributed by atoms with E-state index in [2.05, 4.69) is 21.9 Å². The summed E-state index contributed by atoms with van der Waals surface area (Å²) in [4.78, 5) is 15.8. The Morgan fingerprint density at radius 1 is 1.20 bits per heavy atom. The summed E-state index contributed by atoms with van der Waals surface area (Å²) >= 11 is 0. The maximum absolute atomic E-state index is 15.1. The van der Waals surface area contributed by atoms with Crippen LogP contribution in [0.4, 0.5) is 10.1 Å². The molecule has 3 N–H and O–H groups in total. The zero-order valence-corrected chi connectivity index (χ0v) is 24.2. The summed E-state index contributed by atoms with van der Waals surface area (Å²) in [5, 5.41) is 14.5. The lowest BCUT2D eigenvalue weighted by Gasteiger charge is -2.52. The van der Waals surface area contributed by atoms with Gasteiger partial charge in [0.1, 0.15) is 5.82 Å². The first kappa shape index (κ1) is 28.1. The highest BCUT2D eigenvalue weighted by atomic mass is 32.2. The van der Waals surface area contributed by atoms with E-state index in [1.165, 1.54) is 25.1 Å². The van der Waals surface area contributed by atoms with Crippen molar-refractivity contribution >= 4 is 21.6 Å². The Hall–Kier alpha value is -3.08. The molecule has 41 heavy (non-hydrogen) atoms. The van der Waals surface area contributed by atoms with Gasteiger partial charge in [-0.15, -0.1) is 0 Å². The third-order valence-electron chi connectivity index (χ3n) is 9.77. The average molecular weight is 581 g/mol. The molecule has 5 unspecified atom stereocenters. The molecule has 3 aromatic rings. The van der Waals surface area contributed by atoms with Crippen LogP contribution >= 0.6 is 0 Å². The van der Waals surface area contributed by atoms with Crippen LogP contribution in [0, 0.1) is 23.1 Å². The number of fused-ring (bicyclic) bond motifs is 5. The predicted octanol–water partition coefficient (Wildman–Crippen LogP) is 5.26. The normalized spacial score (nSPS) is 27.6. The van der Waals surface area contributed by atoms with Crippen LogP contribution in [0.2, 0.25) is 0 Å². The summed E-state index contributed by atoms with van der Waals surface area (Å²) in [6.07, 6.45) is 8.10. The minimum absolute atomic E-state index is 0.0990. The fourth-order valence-corrected chi connectivity index (χ4v) is 9.12. The van der Waals surface area contributed by atoms with Gasteiger partial charge in [-0.3, -0.25) is 4.79 Å². The number of aliphatic hydroxyl groups excluding tert-OH is 1. The van der Waals surface area contributed by atoms with Gasteiger partial charge in [0.2, 0.25) is 15.9 Å². The molecular weight excluding hydrogens is 543 g/mol. The largest absolute Gasteiger partial charge is 0.392 e. The molecule has 2 aliphatic carbocycles. The van der Waals surface area contributed by atoms with Gasteiger partial charge in [0.25, 0.3) is 0 Å². The van der Waals surface area contributed by atoms with Crippen LogP contribution in [0.3, 0.4) is 0 Å². The first-order chi connectivity index (χ1) is 19.6. The quantitative estimate of drug-likeness (QED) is 0.337. The number of amides is 1. The second-order valence-electron chi connectivity index (χ2n) is 12.2. The molecule has 1 amide bonds. The SMILES string of the molecule is CCC1(C(O)CC2c3c(F)cccc3-c3cncn32)CC2CCC(NS(=O)(=O)c3ccc(NC(C)=O)cc3)[C@H](C2)C1. The van der Waals surface area contributed by atoms with Gasteiger partial charge in [0, 0.05) is 29.8 Å². The van der Waals surface area contributed by atoms with Crippen molar-refractivity contribution in [2.45, 2.75) is 81.9 Å². The highest BCUT2D eigenvalue weighted by Gasteiger charge is 2.49. The van der Waals surface area contributed by atoms with Gasteiger partial charge in [-0.1, -0.05) is 19.1 Å². The van der Waals surface area contributed by atoms with Crippen molar-refractivity contribution in [1.82, 2.24) is 14.3 Å². The molecule has 2 fully saturated rings. The molecule has 218 valence electrons. The second kappa shape index (κ2) is 10.6. The van der Waals surface area contributed by atoms with Gasteiger partial charge in [0.15, 0.2) is 0 Å². The summed E-state index contributed by atoms with van der Waals surface area (Å²) in [6.45, 7) is 3.51. The molecule has 0 spiro atoms. The van der Waals surface area contributed by atoms with Gasteiger partial charge < -0.3 is 15.0 Å². The number of nitrogens with zero attached hydrogens (tertiary/aromatic N) is 2. The third-order valence-corrected chi connectivity index (χ3v) is 11.3. The Bertz CT molecular complexity index is 1560. The summed E-state index contributed by atoms with van der Waals surface area (Å²) in [5.74, 6) is 0.0237. The van der Waals surface area contributed by atoms with Crippen molar-refractivity contribution in [2.24, 2.45) is 17.3 Å². The first-order valence-corrected chi connectivity index (χ1v) is 16.0. The molecular formula is C31H37FN4O4S. The van der Waals surface area contributed by atoms with Gasteiger partial charge >= 0.3 is 0 Å². The number of carbonyl (C=O) groups is 1. The van der Waals surface area contributed by atoms with E-state index >= 15 is 4.39 Å². The van der Waals surface area contributed by atoms with Crippen LogP contribution < -0.4 is 10.0 Å². The van der Waals surface area contributed by atoms with E-state index in [9.17, 15) is 18.3 Å². The lowest BCUT2D eigenvalue weighted by Crippen LogP contribution is -2.52. The van der Waals surface area contributed by atoms with Gasteiger partial charge in [0.05, 0.1) is 35.3 Å². The number of rotatable bonds is 8. The monoisotopic (exact) mass is 580 g/mol. The van der Waals surface area contributed by atoms with Crippen LogP contribution in [0.1, 0.15) is 70.4 Å². The highest BCUT2D eigenvalue weighted by molar-refractivity contribution is 7.89. The standard InChI is InChI=1S/C31H37FN4O4S/c1-3-31(29(38)14-27-30-24(5-4-6-25(30)32)28-17-33-18-36(27)28)15-20-7-12-26(21(13-20)16-31)35-41(39,40)23-10-8-22(9-11-23)34-19(2)37/h4-6,8-11,17-18,20-21,26-27,29,35,38H,3,7,12-16H2,1-2H3,(H,34,37)/t20?,21-,26?,27?,29?,31?/m1/s1. The summed E-state index contributed by atoms with van der Waals surface area (Å²) < 4.78 is 46.7. The number of aliphatic hydroxyl groups is 1. The topological polar surface area (TPSA) is 113 Å². The fraction of sp³-hybridized carbons (Fsp3) is 0.484. The molecule has 0 radical (unpaired) electrons. The Kier molecular flexibility index (Phi) is 7.28. The molecule has 1 aliphatic heterocycles. The molecule has 1 aromatic heterocycles. The molecule has 2 bridgehead atoms. The van der Waals surface area contributed by atoms with Crippen LogP contribution in [-0.4, -0.2) is 41.1 Å². The molecule has 0 saturated heterocycles. The molecule has 6 rings (SSSR count). The minimum atomic E-state index is -3.77. The van der Waals surface area contributed by atoms with Crippen LogP contribution in [0.5, 0.6) is 0 Å². The average Bonchev–Trinajstić information content (AvgIpc) is 3.53. The summed E-state index contributed by atoms with van der Waals surface area (Å²) in [7, 11) is -3.77. The number of hydrogen-bond acceptors (Lipinski definition) is 5. The van der Waals surface area contributed by atoms with E-state index in [4.69, 9.17) is 0 Å². The highest BCUT2D eigenvalue weighted by Crippen LogP contribution is 2.54. The fourth-order valence-electron chi connectivity index (χ4n) is 7.78. The van der Waals surface area contributed by atoms with Gasteiger partial charge in [-0.25, -0.2) is 22.5 Å². The van der Waals surface area contributed by atoms with Crippen LogP contribution in [-0.2, 0) is 14.8 Å². The number of imidazole rings is 1.